The SMILES string of the molecule is CN(Cc1cnn(C)c1)CC1CCC(CN)CC1. The lowest BCUT2D eigenvalue weighted by Crippen LogP contribution is -2.29. The molecule has 0 spiro atoms. The van der Waals surface area contributed by atoms with Crippen LogP contribution in [-0.2, 0) is 13.6 Å². The molecule has 2 rings (SSSR count). The summed E-state index contributed by atoms with van der Waals surface area (Å²) in [6.45, 7) is 3.08. The van der Waals surface area contributed by atoms with Crippen molar-refractivity contribution in [1.29, 1.82) is 0 Å². The van der Waals surface area contributed by atoms with Gasteiger partial charge in [0.1, 0.15) is 0 Å². The van der Waals surface area contributed by atoms with Gasteiger partial charge in [-0.3, -0.25) is 4.68 Å². The summed E-state index contributed by atoms with van der Waals surface area (Å²) in [5, 5.41) is 4.21. The van der Waals surface area contributed by atoms with Gasteiger partial charge in [-0.25, -0.2) is 0 Å². The first-order valence-corrected chi connectivity index (χ1v) is 7.03. The van der Waals surface area contributed by atoms with E-state index in [4.69, 9.17) is 5.73 Å². The number of hydrogen-bond donors (Lipinski definition) is 1. The van der Waals surface area contributed by atoms with E-state index in [1.54, 1.807) is 0 Å². The minimum absolute atomic E-state index is 0.782. The summed E-state index contributed by atoms with van der Waals surface area (Å²) in [7, 11) is 4.18. The molecule has 0 radical (unpaired) electrons. The lowest BCUT2D eigenvalue weighted by Gasteiger charge is -2.30. The largest absolute Gasteiger partial charge is 0.330 e. The van der Waals surface area contributed by atoms with Gasteiger partial charge in [0, 0.05) is 31.9 Å². The molecular formula is C14H26N4. The lowest BCUT2D eigenvalue weighted by atomic mass is 9.82. The van der Waals surface area contributed by atoms with E-state index in [-0.39, 0.29) is 0 Å². The Morgan fingerprint density at radius 2 is 2.00 bits per heavy atom. The van der Waals surface area contributed by atoms with Gasteiger partial charge in [0.05, 0.1) is 6.20 Å². The van der Waals surface area contributed by atoms with E-state index in [0.29, 0.717) is 0 Å². The molecular weight excluding hydrogens is 224 g/mol. The van der Waals surface area contributed by atoms with Gasteiger partial charge in [0.2, 0.25) is 0 Å². The first kappa shape index (κ1) is 13.6. The van der Waals surface area contributed by atoms with Crippen molar-refractivity contribution in [1.82, 2.24) is 14.7 Å². The van der Waals surface area contributed by atoms with Crippen molar-refractivity contribution in [3.05, 3.63) is 18.0 Å². The monoisotopic (exact) mass is 250 g/mol. The van der Waals surface area contributed by atoms with Crippen LogP contribution in [0.1, 0.15) is 31.2 Å². The summed E-state index contributed by atoms with van der Waals surface area (Å²) < 4.78 is 1.87. The molecule has 0 aliphatic heterocycles. The Morgan fingerprint density at radius 1 is 1.33 bits per heavy atom. The molecule has 4 heteroatoms. The van der Waals surface area contributed by atoms with Gasteiger partial charge in [0.15, 0.2) is 0 Å². The average Bonchev–Trinajstić information content (AvgIpc) is 2.75. The highest BCUT2D eigenvalue weighted by atomic mass is 15.2. The molecule has 0 atom stereocenters. The number of nitrogens with two attached hydrogens (primary N) is 1. The van der Waals surface area contributed by atoms with Crippen LogP contribution in [0.15, 0.2) is 12.4 Å². The Bertz CT molecular complexity index is 352. The normalized spacial score (nSPS) is 24.7. The molecule has 0 aromatic carbocycles. The second-order valence-electron chi connectivity index (χ2n) is 5.84. The molecule has 102 valence electrons. The van der Waals surface area contributed by atoms with Crippen molar-refractivity contribution in [2.24, 2.45) is 24.6 Å². The summed E-state index contributed by atoms with van der Waals surface area (Å²) in [4.78, 5) is 2.42. The van der Waals surface area contributed by atoms with Gasteiger partial charge in [0.25, 0.3) is 0 Å². The first-order valence-electron chi connectivity index (χ1n) is 7.03. The van der Waals surface area contributed by atoms with Crippen LogP contribution in [0.4, 0.5) is 0 Å². The molecule has 0 bridgehead atoms. The van der Waals surface area contributed by atoms with Crippen molar-refractivity contribution in [2.45, 2.75) is 32.2 Å². The predicted octanol–water partition coefficient (Wildman–Crippen LogP) is 1.62. The van der Waals surface area contributed by atoms with Crippen LogP contribution < -0.4 is 5.73 Å². The maximum Gasteiger partial charge on any atom is 0.0534 e. The van der Waals surface area contributed by atoms with Crippen LogP contribution in [0.2, 0.25) is 0 Å². The molecule has 2 N–H and O–H groups in total. The maximum absolute atomic E-state index is 5.73. The van der Waals surface area contributed by atoms with Gasteiger partial charge in [-0.05, 0) is 51.1 Å². The second kappa shape index (κ2) is 6.34. The average molecular weight is 250 g/mol. The third-order valence-corrected chi connectivity index (χ3v) is 4.08. The fourth-order valence-corrected chi connectivity index (χ4v) is 3.02. The van der Waals surface area contributed by atoms with Crippen molar-refractivity contribution < 1.29 is 0 Å². The Labute approximate surface area is 110 Å². The van der Waals surface area contributed by atoms with E-state index in [0.717, 1.165) is 24.9 Å². The summed E-state index contributed by atoms with van der Waals surface area (Å²) in [5.41, 5.74) is 7.04. The number of aryl methyl sites for hydroxylation is 1. The Balaban J connectivity index is 1.73. The fourth-order valence-electron chi connectivity index (χ4n) is 3.02. The van der Waals surface area contributed by atoms with Gasteiger partial charge in [-0.15, -0.1) is 0 Å². The zero-order chi connectivity index (χ0) is 13.0. The Kier molecular flexibility index (Phi) is 4.78. The van der Waals surface area contributed by atoms with Gasteiger partial charge >= 0.3 is 0 Å². The molecule has 0 unspecified atom stereocenters. The highest BCUT2D eigenvalue weighted by Gasteiger charge is 2.21. The van der Waals surface area contributed by atoms with Crippen LogP contribution in [0.25, 0.3) is 0 Å². The van der Waals surface area contributed by atoms with Crippen molar-refractivity contribution in [3.63, 3.8) is 0 Å². The Hall–Kier alpha value is -0.870. The number of nitrogens with zero attached hydrogens (tertiary/aromatic N) is 3. The van der Waals surface area contributed by atoms with Crippen LogP contribution in [0.5, 0.6) is 0 Å². The van der Waals surface area contributed by atoms with Crippen molar-refractivity contribution in [2.75, 3.05) is 20.1 Å². The molecule has 0 amide bonds. The molecule has 1 aromatic heterocycles. The van der Waals surface area contributed by atoms with Crippen LogP contribution in [0.3, 0.4) is 0 Å². The zero-order valence-corrected chi connectivity index (χ0v) is 11.7. The van der Waals surface area contributed by atoms with E-state index >= 15 is 0 Å². The minimum atomic E-state index is 0.782. The van der Waals surface area contributed by atoms with E-state index in [1.807, 2.05) is 17.9 Å². The van der Waals surface area contributed by atoms with Gasteiger partial charge in [-0.2, -0.15) is 5.10 Å². The summed E-state index contributed by atoms with van der Waals surface area (Å²) in [6.07, 6.45) is 9.39. The summed E-state index contributed by atoms with van der Waals surface area (Å²) in [6, 6.07) is 0. The van der Waals surface area contributed by atoms with Crippen molar-refractivity contribution in [3.8, 4) is 0 Å². The van der Waals surface area contributed by atoms with Crippen LogP contribution in [-0.4, -0.2) is 34.8 Å². The fraction of sp³-hybridized carbons (Fsp3) is 0.786. The summed E-state index contributed by atoms with van der Waals surface area (Å²) >= 11 is 0. The minimum Gasteiger partial charge on any atom is -0.330 e. The molecule has 4 nitrogen and oxygen atoms in total. The zero-order valence-electron chi connectivity index (χ0n) is 11.7. The molecule has 1 fully saturated rings. The van der Waals surface area contributed by atoms with E-state index in [9.17, 15) is 0 Å². The third kappa shape index (κ3) is 3.82. The Morgan fingerprint density at radius 3 is 2.56 bits per heavy atom. The highest BCUT2D eigenvalue weighted by molar-refractivity contribution is 5.03. The standard InChI is InChI=1S/C14H26N4/c1-17(10-14-8-16-18(2)11-14)9-13-5-3-12(7-15)4-6-13/h8,11-13H,3-7,9-10,15H2,1-2H3. The van der Waals surface area contributed by atoms with Gasteiger partial charge < -0.3 is 10.6 Å². The topological polar surface area (TPSA) is 47.1 Å². The molecule has 1 saturated carbocycles. The van der Waals surface area contributed by atoms with E-state index < -0.39 is 0 Å². The number of hydrogen-bond acceptors (Lipinski definition) is 3. The van der Waals surface area contributed by atoms with Crippen LogP contribution in [0, 0.1) is 11.8 Å². The maximum atomic E-state index is 5.73. The van der Waals surface area contributed by atoms with Crippen molar-refractivity contribution >= 4 is 0 Å². The summed E-state index contributed by atoms with van der Waals surface area (Å²) in [5.74, 6) is 1.64. The number of rotatable bonds is 5. The van der Waals surface area contributed by atoms with E-state index in [2.05, 4.69) is 23.2 Å². The van der Waals surface area contributed by atoms with E-state index in [1.165, 1.54) is 37.8 Å². The molecule has 1 heterocycles. The molecule has 1 aliphatic carbocycles. The first-order chi connectivity index (χ1) is 8.67. The molecule has 0 saturated heterocycles. The van der Waals surface area contributed by atoms with Gasteiger partial charge in [-0.1, -0.05) is 0 Å². The molecule has 1 aromatic rings. The predicted molar refractivity (Wildman–Crippen MR) is 74.0 cm³/mol. The molecule has 18 heavy (non-hydrogen) atoms. The second-order valence-corrected chi connectivity index (χ2v) is 5.84. The highest BCUT2D eigenvalue weighted by Crippen LogP contribution is 2.28. The smallest absolute Gasteiger partial charge is 0.0534 e. The number of aromatic nitrogens is 2. The lowest BCUT2D eigenvalue weighted by molar-refractivity contribution is 0.201. The molecule has 1 aliphatic rings. The third-order valence-electron chi connectivity index (χ3n) is 4.08. The quantitative estimate of drug-likeness (QED) is 0.864. The van der Waals surface area contributed by atoms with Crippen LogP contribution >= 0.6 is 0 Å².